The van der Waals surface area contributed by atoms with Crippen LogP contribution >= 0.6 is 11.8 Å². The summed E-state index contributed by atoms with van der Waals surface area (Å²) in [5, 5.41) is 8.59. The van der Waals surface area contributed by atoms with E-state index in [0.717, 1.165) is 12.8 Å². The topological polar surface area (TPSA) is 3.88 Å². The van der Waals surface area contributed by atoms with Gasteiger partial charge in [-0.15, -0.1) is 0 Å². The Morgan fingerprint density at radius 3 is 2.30 bits per heavy atom. The van der Waals surface area contributed by atoms with E-state index >= 15 is 0 Å². The van der Waals surface area contributed by atoms with E-state index in [-0.39, 0.29) is 5.41 Å². The minimum atomic E-state index is -2.08. The molecule has 0 N–H and O–H groups in total. The maximum absolute atomic E-state index is 2.55. The molecule has 0 saturated carbocycles. The maximum atomic E-state index is 2.55. The Balaban J connectivity index is 1.77. The van der Waals surface area contributed by atoms with Crippen molar-refractivity contribution in [1.29, 1.82) is 0 Å². The van der Waals surface area contributed by atoms with E-state index in [9.17, 15) is 0 Å². The Hall–Kier alpha value is -2.30. The number of aromatic nitrogens is 1. The molecule has 40 heavy (non-hydrogen) atoms. The van der Waals surface area contributed by atoms with Gasteiger partial charge in [0.25, 0.3) is 0 Å². The molecule has 5 aromatic rings. The van der Waals surface area contributed by atoms with Gasteiger partial charge in [-0.05, 0) is 5.92 Å². The van der Waals surface area contributed by atoms with Crippen LogP contribution in [0.3, 0.4) is 0 Å². The van der Waals surface area contributed by atoms with Gasteiger partial charge >= 0.3 is 229 Å². The molecular formula is C37H44GeNS+. The third kappa shape index (κ3) is 4.60. The predicted octanol–water partition coefficient (Wildman–Crippen LogP) is 9.74. The quantitative estimate of drug-likeness (QED) is 0.110. The molecule has 0 radical (unpaired) electrons. The molecule has 206 valence electrons. The van der Waals surface area contributed by atoms with Crippen LogP contribution in [0.2, 0.25) is 17.3 Å². The van der Waals surface area contributed by atoms with Crippen molar-refractivity contribution in [2.75, 3.05) is 0 Å². The number of benzene rings is 4. The molecule has 1 aromatic heterocycles. The molecule has 0 amide bonds. The molecule has 3 heteroatoms. The van der Waals surface area contributed by atoms with E-state index in [1.165, 1.54) is 70.1 Å². The Bertz CT molecular complexity index is 1830. The van der Waals surface area contributed by atoms with Gasteiger partial charge in [0.15, 0.2) is 0 Å². The van der Waals surface area contributed by atoms with Gasteiger partial charge in [-0.3, -0.25) is 0 Å². The van der Waals surface area contributed by atoms with Crippen molar-refractivity contribution >= 4 is 61.7 Å². The summed E-state index contributed by atoms with van der Waals surface area (Å²) >= 11 is -0.0419. The summed E-state index contributed by atoms with van der Waals surface area (Å²) in [4.78, 5) is 2.90. The summed E-state index contributed by atoms with van der Waals surface area (Å²) in [7, 11) is 2.24. The first-order chi connectivity index (χ1) is 18.7. The first-order valence-electron chi connectivity index (χ1n) is 14.9. The molecule has 0 atom stereocenters. The van der Waals surface area contributed by atoms with Gasteiger partial charge in [0.2, 0.25) is 0 Å². The van der Waals surface area contributed by atoms with Gasteiger partial charge in [0.1, 0.15) is 0 Å². The predicted molar refractivity (Wildman–Crippen MR) is 179 cm³/mol. The van der Waals surface area contributed by atoms with Gasteiger partial charge in [-0.1, -0.05) is 13.8 Å². The molecule has 1 aliphatic heterocycles. The SMILES string of the molecule is Cc1c2c(c(CC(C)(C)C)c3ccc(CC(C)C)cc13)Sc1cc3[c]([Ge]([CH3])([CH3])[CH3])cccc3c3cc[n+](C)c-2c13. The number of nitrogens with zero attached hydrogens (tertiary/aromatic N) is 1. The van der Waals surface area contributed by atoms with Crippen molar-refractivity contribution in [1.82, 2.24) is 0 Å². The summed E-state index contributed by atoms with van der Waals surface area (Å²) < 4.78 is 4.00. The molecule has 6 rings (SSSR count). The molecule has 1 aliphatic rings. The third-order valence-corrected chi connectivity index (χ3v) is 14.0. The van der Waals surface area contributed by atoms with Crippen LogP contribution in [0.1, 0.15) is 51.3 Å². The zero-order chi connectivity index (χ0) is 28.7. The summed E-state index contributed by atoms with van der Waals surface area (Å²) in [5.74, 6) is 8.21. The molecule has 4 aromatic carbocycles. The normalized spacial score (nSPS) is 13.6. The molecule has 0 bridgehead atoms. The Kier molecular flexibility index (Phi) is 6.71. The number of aryl methyl sites for hydroxylation is 2. The zero-order valence-electron chi connectivity index (χ0n) is 26.0. The van der Waals surface area contributed by atoms with E-state index < -0.39 is 13.3 Å². The molecule has 0 saturated heterocycles. The average molecular weight is 607 g/mol. The van der Waals surface area contributed by atoms with Crippen LogP contribution in [0.5, 0.6) is 0 Å². The minimum absolute atomic E-state index is 0.192. The number of hydrogen-bond acceptors (Lipinski definition) is 1. The third-order valence-electron chi connectivity index (χ3n) is 8.54. The summed E-state index contributed by atoms with van der Waals surface area (Å²) in [6.45, 7) is 14.2. The molecule has 2 heterocycles. The van der Waals surface area contributed by atoms with Crippen molar-refractivity contribution in [2.45, 2.75) is 81.4 Å². The van der Waals surface area contributed by atoms with Crippen LogP contribution in [0.25, 0.3) is 43.6 Å². The van der Waals surface area contributed by atoms with Crippen LogP contribution in [0.4, 0.5) is 0 Å². The van der Waals surface area contributed by atoms with E-state index in [2.05, 4.69) is 125 Å². The monoisotopic (exact) mass is 608 g/mol. The van der Waals surface area contributed by atoms with Gasteiger partial charge in [-0.25, -0.2) is 0 Å². The fourth-order valence-electron chi connectivity index (χ4n) is 6.87. The van der Waals surface area contributed by atoms with Crippen LogP contribution in [-0.4, -0.2) is 13.3 Å². The van der Waals surface area contributed by atoms with Crippen LogP contribution in [0.15, 0.2) is 64.5 Å². The molecule has 0 unspecified atom stereocenters. The van der Waals surface area contributed by atoms with E-state index in [4.69, 9.17) is 0 Å². The van der Waals surface area contributed by atoms with Crippen molar-refractivity contribution < 1.29 is 4.57 Å². The number of pyridine rings is 1. The second-order valence-electron chi connectivity index (χ2n) is 14.7. The number of rotatable bonds is 4. The average Bonchev–Trinajstić information content (AvgIpc) is 2.85. The first kappa shape index (κ1) is 27.9. The van der Waals surface area contributed by atoms with Crippen LogP contribution in [0, 0.1) is 18.3 Å². The fraction of sp³-hybridized carbons (Fsp3) is 0.378. The molecule has 0 aliphatic carbocycles. The Morgan fingerprint density at radius 2 is 1.62 bits per heavy atom. The van der Waals surface area contributed by atoms with Crippen molar-refractivity contribution in [3.8, 4) is 11.3 Å². The second-order valence-corrected chi connectivity index (χ2v) is 26.3. The molecular weight excluding hydrogens is 563 g/mol. The molecule has 0 spiro atoms. The van der Waals surface area contributed by atoms with E-state index in [1.54, 1.807) is 4.40 Å². The van der Waals surface area contributed by atoms with E-state index in [0.29, 0.717) is 5.92 Å². The second kappa shape index (κ2) is 9.63. The van der Waals surface area contributed by atoms with Gasteiger partial charge < -0.3 is 0 Å². The molecule has 0 fully saturated rings. The van der Waals surface area contributed by atoms with E-state index in [1.807, 2.05) is 11.8 Å². The number of fused-ring (bicyclic) bond motifs is 5. The van der Waals surface area contributed by atoms with Gasteiger partial charge in [-0.2, -0.15) is 0 Å². The van der Waals surface area contributed by atoms with Crippen molar-refractivity contribution in [3.05, 3.63) is 71.4 Å². The summed E-state index contributed by atoms with van der Waals surface area (Å²) in [6, 6.07) is 19.3. The number of hydrogen-bond donors (Lipinski definition) is 0. The zero-order valence-corrected chi connectivity index (χ0v) is 29.0. The van der Waals surface area contributed by atoms with Crippen molar-refractivity contribution in [2.24, 2.45) is 18.4 Å². The van der Waals surface area contributed by atoms with Gasteiger partial charge in [0.05, 0.1) is 0 Å². The Labute approximate surface area is 247 Å². The Morgan fingerprint density at radius 1 is 0.875 bits per heavy atom. The standard InChI is InChI=1S/C37H44GeNS/c1-22(2)18-24-14-15-26-28(19-24)23(3)33-35-34-27(16-17-39(35)10)25-12-11-13-31(38(7,8)9)29(25)20-32(34)40-36(33)30(26)21-37(4,5)6/h11-17,19-20,22H,18,21H2,1-10H3/q+1. The van der Waals surface area contributed by atoms with Crippen molar-refractivity contribution in [3.63, 3.8) is 0 Å². The van der Waals surface area contributed by atoms with Crippen LogP contribution < -0.4 is 8.96 Å². The first-order valence-corrected chi connectivity index (χ1v) is 23.1. The van der Waals surface area contributed by atoms with Crippen LogP contribution in [-0.2, 0) is 19.9 Å². The fourth-order valence-corrected chi connectivity index (χ4v) is 11.6. The molecule has 1 nitrogen and oxygen atoms in total. The van der Waals surface area contributed by atoms with Gasteiger partial charge in [0, 0.05) is 0 Å². The summed E-state index contributed by atoms with van der Waals surface area (Å²) in [6.07, 6.45) is 4.48. The summed E-state index contributed by atoms with van der Waals surface area (Å²) in [5.41, 5.74) is 7.42.